The molecule has 0 heterocycles. The molecule has 0 aliphatic carbocycles. The molecular formula is C5H10ClNO3S. The number of rotatable bonds is 3. The molecule has 0 aliphatic rings. The molecule has 0 fully saturated rings. The lowest BCUT2D eigenvalue weighted by molar-refractivity contribution is -0.124. The van der Waals surface area contributed by atoms with Gasteiger partial charge in [0.1, 0.15) is 0 Å². The van der Waals surface area contributed by atoms with E-state index in [1.54, 1.807) is 6.92 Å². The van der Waals surface area contributed by atoms with E-state index in [2.05, 4.69) is 0 Å². The molecule has 11 heavy (non-hydrogen) atoms. The summed E-state index contributed by atoms with van der Waals surface area (Å²) in [5.74, 6) is -0.554. The summed E-state index contributed by atoms with van der Waals surface area (Å²) in [4.78, 5) is 10.6. The fraction of sp³-hybridized carbons (Fsp3) is 0.800. The van der Waals surface area contributed by atoms with Crippen LogP contribution >= 0.6 is 10.7 Å². The fourth-order valence-corrected chi connectivity index (χ4v) is 1.83. The molecule has 0 aromatic rings. The van der Waals surface area contributed by atoms with Gasteiger partial charge in [0, 0.05) is 24.2 Å². The Balaban J connectivity index is 4.49. The molecule has 6 heteroatoms. The first-order valence-electron chi connectivity index (χ1n) is 3.12. The van der Waals surface area contributed by atoms with E-state index in [4.69, 9.17) is 10.7 Å². The minimum Gasteiger partial charge on any atom is -0.274 e. The van der Waals surface area contributed by atoms with E-state index in [1.165, 1.54) is 0 Å². The number of hydrogen-bond donors (Lipinski definition) is 0. The number of halogens is 1. The van der Waals surface area contributed by atoms with Crippen LogP contribution in [0.25, 0.3) is 0 Å². The fourth-order valence-electron chi connectivity index (χ4n) is 0.623. The molecule has 0 aromatic carbocycles. The molecule has 4 nitrogen and oxygen atoms in total. The largest absolute Gasteiger partial charge is 0.323 e. The Hall–Kier alpha value is -0.290. The Morgan fingerprint density at radius 3 is 2.09 bits per heavy atom. The summed E-state index contributed by atoms with van der Waals surface area (Å²) < 4.78 is 21.9. The zero-order valence-electron chi connectivity index (χ0n) is 6.37. The number of amides is 1. The number of carbonyl (C=O) groups excluding carboxylic acids is 1. The summed E-state index contributed by atoms with van der Waals surface area (Å²) >= 11 is 0. The van der Waals surface area contributed by atoms with Crippen molar-refractivity contribution in [1.82, 2.24) is 4.31 Å². The summed E-state index contributed by atoms with van der Waals surface area (Å²) in [6, 6.07) is 0. The lowest BCUT2D eigenvalue weighted by Crippen LogP contribution is -2.32. The van der Waals surface area contributed by atoms with Gasteiger partial charge in [-0.1, -0.05) is 6.92 Å². The second-order valence-electron chi connectivity index (χ2n) is 2.03. The van der Waals surface area contributed by atoms with Crippen LogP contribution in [0.5, 0.6) is 0 Å². The van der Waals surface area contributed by atoms with Crippen LogP contribution in [0.2, 0.25) is 0 Å². The van der Waals surface area contributed by atoms with Crippen LogP contribution in [0.15, 0.2) is 0 Å². The van der Waals surface area contributed by atoms with Gasteiger partial charge in [0.25, 0.3) is 0 Å². The number of carbonyl (C=O) groups is 1. The number of nitrogens with zero attached hydrogens (tertiary/aromatic N) is 1. The molecule has 0 rings (SSSR count). The van der Waals surface area contributed by atoms with E-state index >= 15 is 0 Å². The number of hydrogen-bond acceptors (Lipinski definition) is 3. The van der Waals surface area contributed by atoms with Crippen molar-refractivity contribution >= 4 is 25.8 Å². The Morgan fingerprint density at radius 2 is 2.00 bits per heavy atom. The maximum Gasteiger partial charge on any atom is 0.323 e. The maximum atomic E-state index is 10.6. The molecule has 0 bridgehead atoms. The van der Waals surface area contributed by atoms with Crippen LogP contribution in [0, 0.1) is 0 Å². The van der Waals surface area contributed by atoms with E-state index in [-0.39, 0.29) is 6.54 Å². The van der Waals surface area contributed by atoms with Crippen LogP contribution in [-0.4, -0.2) is 25.2 Å². The van der Waals surface area contributed by atoms with Crippen molar-refractivity contribution in [3.8, 4) is 0 Å². The molecule has 0 spiro atoms. The van der Waals surface area contributed by atoms with Crippen molar-refractivity contribution in [2.24, 2.45) is 0 Å². The Morgan fingerprint density at radius 1 is 1.55 bits per heavy atom. The van der Waals surface area contributed by atoms with Crippen LogP contribution in [0.3, 0.4) is 0 Å². The SMILES string of the molecule is CCCN(C(C)=O)S(=O)(=O)Cl. The van der Waals surface area contributed by atoms with Gasteiger partial charge in [0.15, 0.2) is 0 Å². The molecule has 0 saturated heterocycles. The normalized spacial score (nSPS) is 11.2. The van der Waals surface area contributed by atoms with E-state index in [1.807, 2.05) is 0 Å². The van der Waals surface area contributed by atoms with Crippen molar-refractivity contribution in [3.05, 3.63) is 0 Å². The van der Waals surface area contributed by atoms with Gasteiger partial charge in [0.05, 0.1) is 0 Å². The highest BCUT2D eigenvalue weighted by atomic mass is 35.7. The smallest absolute Gasteiger partial charge is 0.274 e. The lowest BCUT2D eigenvalue weighted by Gasteiger charge is -2.14. The molecular weight excluding hydrogens is 190 g/mol. The Kier molecular flexibility index (Phi) is 3.82. The second kappa shape index (κ2) is 3.92. The van der Waals surface area contributed by atoms with Crippen LogP contribution < -0.4 is 0 Å². The van der Waals surface area contributed by atoms with Gasteiger partial charge < -0.3 is 0 Å². The van der Waals surface area contributed by atoms with Crippen molar-refractivity contribution in [2.45, 2.75) is 20.3 Å². The van der Waals surface area contributed by atoms with E-state index < -0.39 is 15.1 Å². The predicted molar refractivity (Wildman–Crippen MR) is 42.5 cm³/mol. The first-order valence-corrected chi connectivity index (χ1v) is 5.39. The zero-order chi connectivity index (χ0) is 9.07. The summed E-state index contributed by atoms with van der Waals surface area (Å²) in [5, 5.41) is 0. The van der Waals surface area contributed by atoms with Crippen LogP contribution in [-0.2, 0) is 14.0 Å². The van der Waals surface area contributed by atoms with E-state index in [0.29, 0.717) is 10.7 Å². The predicted octanol–water partition coefficient (Wildman–Crippen LogP) is 0.729. The summed E-state index contributed by atoms with van der Waals surface area (Å²) in [7, 11) is 1.08. The summed E-state index contributed by atoms with van der Waals surface area (Å²) in [6.07, 6.45) is 0.561. The van der Waals surface area contributed by atoms with Crippen LogP contribution in [0.4, 0.5) is 0 Å². The van der Waals surface area contributed by atoms with Gasteiger partial charge in [-0.05, 0) is 6.42 Å². The molecule has 0 aliphatic heterocycles. The quantitative estimate of drug-likeness (QED) is 0.630. The van der Waals surface area contributed by atoms with E-state index in [9.17, 15) is 13.2 Å². The van der Waals surface area contributed by atoms with Gasteiger partial charge in [-0.2, -0.15) is 8.42 Å². The van der Waals surface area contributed by atoms with Crippen molar-refractivity contribution in [3.63, 3.8) is 0 Å². The Labute approximate surface area is 70.7 Å². The minimum atomic E-state index is -3.87. The zero-order valence-corrected chi connectivity index (χ0v) is 7.94. The minimum absolute atomic E-state index is 0.140. The highest BCUT2D eigenvalue weighted by Gasteiger charge is 2.20. The van der Waals surface area contributed by atoms with Crippen LogP contribution in [0.1, 0.15) is 20.3 Å². The van der Waals surface area contributed by atoms with Crippen molar-refractivity contribution < 1.29 is 13.2 Å². The summed E-state index contributed by atoms with van der Waals surface area (Å²) in [5.41, 5.74) is 0. The van der Waals surface area contributed by atoms with Crippen molar-refractivity contribution in [2.75, 3.05) is 6.54 Å². The van der Waals surface area contributed by atoms with Crippen molar-refractivity contribution in [1.29, 1.82) is 0 Å². The first-order chi connectivity index (χ1) is 4.89. The lowest BCUT2D eigenvalue weighted by atomic mass is 10.5. The standard InChI is InChI=1S/C5H10ClNO3S/c1-3-4-7(5(2)8)11(6,9)10/h3-4H2,1-2H3. The first kappa shape index (κ1) is 10.7. The third-order valence-electron chi connectivity index (χ3n) is 1.04. The third-order valence-corrected chi connectivity index (χ3v) is 2.51. The van der Waals surface area contributed by atoms with Gasteiger partial charge >= 0.3 is 9.24 Å². The molecule has 0 aromatic heterocycles. The molecule has 0 saturated carbocycles. The third kappa shape index (κ3) is 3.57. The summed E-state index contributed by atoms with van der Waals surface area (Å²) in [6.45, 7) is 3.06. The molecule has 1 amide bonds. The van der Waals surface area contributed by atoms with E-state index in [0.717, 1.165) is 6.92 Å². The maximum absolute atomic E-state index is 10.6. The van der Waals surface area contributed by atoms with Gasteiger partial charge in [-0.3, -0.25) is 4.79 Å². The monoisotopic (exact) mass is 199 g/mol. The average molecular weight is 200 g/mol. The molecule has 0 unspecified atom stereocenters. The highest BCUT2D eigenvalue weighted by Crippen LogP contribution is 2.06. The highest BCUT2D eigenvalue weighted by molar-refractivity contribution is 8.12. The Bertz CT molecular complexity index is 236. The molecule has 0 radical (unpaired) electrons. The average Bonchev–Trinajstić information content (AvgIpc) is 1.79. The topological polar surface area (TPSA) is 54.5 Å². The second-order valence-corrected chi connectivity index (χ2v) is 4.47. The van der Waals surface area contributed by atoms with Gasteiger partial charge in [0.2, 0.25) is 5.91 Å². The molecule has 0 N–H and O–H groups in total. The van der Waals surface area contributed by atoms with Gasteiger partial charge in [-0.15, -0.1) is 0 Å². The van der Waals surface area contributed by atoms with Gasteiger partial charge in [-0.25, -0.2) is 4.31 Å². The molecule has 0 atom stereocenters. The molecule has 66 valence electrons.